The maximum absolute atomic E-state index is 13.1. The number of ether oxygens (including phenoxy) is 1. The van der Waals surface area contributed by atoms with Gasteiger partial charge < -0.3 is 15.4 Å². The number of halogens is 3. The van der Waals surface area contributed by atoms with Gasteiger partial charge in [0.15, 0.2) is 0 Å². The molecule has 1 atom stereocenters. The fourth-order valence-electron chi connectivity index (χ4n) is 2.29. The van der Waals surface area contributed by atoms with Crippen LogP contribution >= 0.6 is 0 Å². The van der Waals surface area contributed by atoms with Crippen LogP contribution in [-0.2, 0) is 10.9 Å². The average molecular weight is 287 g/mol. The van der Waals surface area contributed by atoms with Gasteiger partial charge in [-0.1, -0.05) is 0 Å². The Balaban J connectivity index is 2.44. The van der Waals surface area contributed by atoms with Crippen molar-refractivity contribution in [2.75, 3.05) is 24.7 Å². The molecule has 0 radical (unpaired) electrons. The van der Waals surface area contributed by atoms with E-state index in [9.17, 15) is 13.2 Å². The highest BCUT2D eigenvalue weighted by atomic mass is 19.4. The van der Waals surface area contributed by atoms with E-state index in [1.165, 1.54) is 6.07 Å². The first-order valence-electron chi connectivity index (χ1n) is 6.20. The Morgan fingerprint density at radius 1 is 1.45 bits per heavy atom. The summed E-state index contributed by atoms with van der Waals surface area (Å²) in [7, 11) is 0. The second-order valence-corrected chi connectivity index (χ2v) is 4.76. The van der Waals surface area contributed by atoms with Gasteiger partial charge in [-0.2, -0.15) is 13.2 Å². The topological polar surface area (TPSA) is 62.3 Å². The molecular formula is C13H16F3N3O. The first-order chi connectivity index (χ1) is 9.30. The molecule has 110 valence electrons. The summed E-state index contributed by atoms with van der Waals surface area (Å²) in [6.07, 6.45) is -4.54. The maximum atomic E-state index is 13.1. The van der Waals surface area contributed by atoms with Crippen LogP contribution in [0.2, 0.25) is 0 Å². The summed E-state index contributed by atoms with van der Waals surface area (Å²) < 4.78 is 44.4. The van der Waals surface area contributed by atoms with Crippen molar-refractivity contribution < 1.29 is 17.9 Å². The quantitative estimate of drug-likeness (QED) is 0.647. The number of hydrogen-bond acceptors (Lipinski definition) is 3. The Kier molecular flexibility index (Phi) is 3.89. The number of nitrogens with one attached hydrogen (secondary N) is 1. The Labute approximate surface area is 114 Å². The Hall–Kier alpha value is -1.76. The fourth-order valence-corrected chi connectivity index (χ4v) is 2.29. The Morgan fingerprint density at radius 3 is 2.70 bits per heavy atom. The molecule has 1 aliphatic heterocycles. The van der Waals surface area contributed by atoms with E-state index in [0.29, 0.717) is 25.4 Å². The minimum absolute atomic E-state index is 0.00742. The van der Waals surface area contributed by atoms with Gasteiger partial charge in [-0.05, 0) is 25.1 Å². The number of alkyl halides is 3. The lowest BCUT2D eigenvalue weighted by atomic mass is 10.0. The summed E-state index contributed by atoms with van der Waals surface area (Å²) in [4.78, 5) is 1.86. The molecule has 0 aromatic heterocycles. The van der Waals surface area contributed by atoms with E-state index in [0.717, 1.165) is 6.07 Å². The highest BCUT2D eigenvalue weighted by Gasteiger charge is 2.35. The summed E-state index contributed by atoms with van der Waals surface area (Å²) in [5.41, 5.74) is 4.52. The van der Waals surface area contributed by atoms with Crippen LogP contribution in [0.15, 0.2) is 18.2 Å². The summed E-state index contributed by atoms with van der Waals surface area (Å²) >= 11 is 0. The van der Waals surface area contributed by atoms with Gasteiger partial charge in [0.2, 0.25) is 0 Å². The highest BCUT2D eigenvalue weighted by Crippen LogP contribution is 2.35. The molecule has 1 aliphatic rings. The molecule has 1 unspecified atom stereocenters. The van der Waals surface area contributed by atoms with Crippen LogP contribution in [0.5, 0.6) is 0 Å². The summed E-state index contributed by atoms with van der Waals surface area (Å²) in [5, 5.41) is 7.25. The molecule has 0 bridgehead atoms. The molecule has 1 aromatic rings. The SMILES string of the molecule is CC1COCCN1c1ccc(C(=N)N)c(C(F)(F)F)c1. The van der Waals surface area contributed by atoms with Crippen LogP contribution in [0.4, 0.5) is 18.9 Å². The monoisotopic (exact) mass is 287 g/mol. The van der Waals surface area contributed by atoms with E-state index in [1.807, 2.05) is 11.8 Å². The largest absolute Gasteiger partial charge is 0.417 e. The molecule has 7 heteroatoms. The van der Waals surface area contributed by atoms with Crippen molar-refractivity contribution in [1.29, 1.82) is 5.41 Å². The van der Waals surface area contributed by atoms with Crippen molar-refractivity contribution in [3.63, 3.8) is 0 Å². The summed E-state index contributed by atoms with van der Waals surface area (Å²) in [5.74, 6) is -0.584. The molecule has 1 saturated heterocycles. The number of nitrogens with zero attached hydrogens (tertiary/aromatic N) is 1. The zero-order valence-electron chi connectivity index (χ0n) is 11.0. The maximum Gasteiger partial charge on any atom is 0.417 e. The molecule has 4 nitrogen and oxygen atoms in total. The number of amidine groups is 1. The van der Waals surface area contributed by atoms with Crippen LogP contribution in [0.25, 0.3) is 0 Å². The number of benzene rings is 1. The molecular weight excluding hydrogens is 271 g/mol. The molecule has 0 saturated carbocycles. The third-order valence-electron chi connectivity index (χ3n) is 3.30. The number of morpholine rings is 1. The standard InChI is InChI=1S/C13H16F3N3O/c1-8-7-20-5-4-19(8)9-2-3-10(12(17)18)11(6-9)13(14,15)16/h2-3,6,8H,4-5,7H2,1H3,(H3,17,18). The van der Waals surface area contributed by atoms with Gasteiger partial charge in [0.1, 0.15) is 5.84 Å². The van der Waals surface area contributed by atoms with Crippen molar-refractivity contribution in [2.24, 2.45) is 5.73 Å². The second-order valence-electron chi connectivity index (χ2n) is 4.76. The lowest BCUT2D eigenvalue weighted by molar-refractivity contribution is -0.137. The zero-order chi connectivity index (χ0) is 14.9. The average Bonchev–Trinajstić information content (AvgIpc) is 2.37. The van der Waals surface area contributed by atoms with Crippen LogP contribution in [0, 0.1) is 5.41 Å². The van der Waals surface area contributed by atoms with Crippen molar-refractivity contribution in [3.05, 3.63) is 29.3 Å². The Morgan fingerprint density at radius 2 is 2.15 bits per heavy atom. The fraction of sp³-hybridized carbons (Fsp3) is 0.462. The molecule has 0 spiro atoms. The van der Waals surface area contributed by atoms with E-state index < -0.39 is 17.6 Å². The van der Waals surface area contributed by atoms with Crippen molar-refractivity contribution in [3.8, 4) is 0 Å². The highest BCUT2D eigenvalue weighted by molar-refractivity contribution is 5.97. The van der Waals surface area contributed by atoms with Crippen molar-refractivity contribution in [1.82, 2.24) is 0 Å². The lowest BCUT2D eigenvalue weighted by Crippen LogP contribution is -2.43. The smallest absolute Gasteiger partial charge is 0.384 e. The number of rotatable bonds is 2. The van der Waals surface area contributed by atoms with Crippen molar-refractivity contribution in [2.45, 2.75) is 19.1 Å². The van der Waals surface area contributed by atoms with E-state index >= 15 is 0 Å². The number of anilines is 1. The summed E-state index contributed by atoms with van der Waals surface area (Å²) in [6, 6.07) is 3.88. The predicted molar refractivity (Wildman–Crippen MR) is 70.1 cm³/mol. The summed E-state index contributed by atoms with van der Waals surface area (Å²) in [6.45, 7) is 3.40. The molecule has 0 amide bonds. The third-order valence-corrected chi connectivity index (χ3v) is 3.30. The second kappa shape index (κ2) is 5.32. The molecule has 1 fully saturated rings. The van der Waals surface area contributed by atoms with E-state index in [2.05, 4.69) is 0 Å². The van der Waals surface area contributed by atoms with Gasteiger partial charge in [0.25, 0.3) is 0 Å². The van der Waals surface area contributed by atoms with Gasteiger partial charge in [-0.25, -0.2) is 0 Å². The van der Waals surface area contributed by atoms with Gasteiger partial charge in [0.05, 0.1) is 18.8 Å². The van der Waals surface area contributed by atoms with Crippen molar-refractivity contribution >= 4 is 11.5 Å². The molecule has 1 aromatic carbocycles. The van der Waals surface area contributed by atoms with Gasteiger partial charge in [0, 0.05) is 23.8 Å². The number of hydrogen-bond donors (Lipinski definition) is 2. The number of nitrogens with two attached hydrogens (primary N) is 1. The number of nitrogen functional groups attached to an aromatic ring is 1. The minimum Gasteiger partial charge on any atom is -0.384 e. The first-order valence-corrected chi connectivity index (χ1v) is 6.20. The zero-order valence-corrected chi connectivity index (χ0v) is 11.0. The molecule has 20 heavy (non-hydrogen) atoms. The molecule has 1 heterocycles. The van der Waals surface area contributed by atoms with E-state index in [4.69, 9.17) is 15.9 Å². The van der Waals surface area contributed by atoms with Gasteiger partial charge in [-0.3, -0.25) is 5.41 Å². The van der Waals surface area contributed by atoms with E-state index in [-0.39, 0.29) is 11.6 Å². The minimum atomic E-state index is -4.54. The third kappa shape index (κ3) is 2.87. The predicted octanol–water partition coefficient (Wildman–Crippen LogP) is 2.21. The molecule has 3 N–H and O–H groups in total. The van der Waals surface area contributed by atoms with Gasteiger partial charge >= 0.3 is 6.18 Å². The van der Waals surface area contributed by atoms with Crippen LogP contribution in [-0.4, -0.2) is 31.6 Å². The van der Waals surface area contributed by atoms with Crippen LogP contribution in [0.3, 0.4) is 0 Å². The van der Waals surface area contributed by atoms with Crippen LogP contribution < -0.4 is 10.6 Å². The van der Waals surface area contributed by atoms with Gasteiger partial charge in [-0.15, -0.1) is 0 Å². The molecule has 0 aliphatic carbocycles. The Bertz CT molecular complexity index is 516. The van der Waals surface area contributed by atoms with E-state index in [1.54, 1.807) is 6.07 Å². The lowest BCUT2D eigenvalue weighted by Gasteiger charge is -2.35. The molecule has 2 rings (SSSR count). The first kappa shape index (κ1) is 14.6. The normalized spacial score (nSPS) is 20.0. The van der Waals surface area contributed by atoms with Crippen LogP contribution in [0.1, 0.15) is 18.1 Å².